The molecule has 0 aliphatic rings. The quantitative estimate of drug-likeness (QED) is 0.806. The van der Waals surface area contributed by atoms with E-state index in [0.29, 0.717) is 0 Å². The summed E-state index contributed by atoms with van der Waals surface area (Å²) in [6, 6.07) is 0. The molecule has 0 aromatic carbocycles. The third kappa shape index (κ3) is 1.61. The summed E-state index contributed by atoms with van der Waals surface area (Å²) in [6.45, 7) is 3.09. The van der Waals surface area contributed by atoms with Crippen molar-refractivity contribution in [2.24, 2.45) is 0 Å². The fraction of sp³-hybridized carbons (Fsp3) is 0.500. The number of aromatic nitrogens is 2. The Bertz CT molecular complexity index is 220. The number of hydrogen-bond donors (Lipinski definition) is 0. The zero-order valence-corrected chi connectivity index (χ0v) is 8.81. The summed E-state index contributed by atoms with van der Waals surface area (Å²) < 4.78 is 3.96. The van der Waals surface area contributed by atoms with Crippen LogP contribution in [0.25, 0.3) is 0 Å². The molecule has 0 unspecified atom stereocenters. The molecule has 0 fully saturated rings. The fourth-order valence-corrected chi connectivity index (χ4v) is 1.38. The molecule has 1 aromatic rings. The average Bonchev–Trinajstić information content (AvgIpc) is 2.20. The van der Waals surface area contributed by atoms with Gasteiger partial charge in [-0.05, 0) is 38.3 Å². The van der Waals surface area contributed by atoms with Crippen LogP contribution in [0.2, 0.25) is 0 Å². The maximum atomic E-state index is 4.13. The summed E-state index contributed by atoms with van der Waals surface area (Å²) in [7, 11) is 0. The van der Waals surface area contributed by atoms with E-state index in [9.17, 15) is 0 Å². The second-order valence-corrected chi connectivity index (χ2v) is 3.61. The number of aryl methyl sites for hydroxylation is 1. The van der Waals surface area contributed by atoms with E-state index in [1.807, 2.05) is 4.68 Å². The third-order valence-corrected chi connectivity index (χ3v) is 3.12. The molecule has 0 radical (unpaired) electrons. The molecule has 0 amide bonds. The van der Waals surface area contributed by atoms with Crippen molar-refractivity contribution >= 4 is 31.9 Å². The molecule has 0 saturated carbocycles. The maximum absolute atomic E-state index is 4.13. The SMILES string of the molecule is CCCn1ncc(Br)c1Br. The van der Waals surface area contributed by atoms with E-state index >= 15 is 0 Å². The summed E-state index contributed by atoms with van der Waals surface area (Å²) >= 11 is 6.76. The van der Waals surface area contributed by atoms with Gasteiger partial charge >= 0.3 is 0 Å². The first kappa shape index (κ1) is 8.27. The molecule has 1 rings (SSSR count). The lowest BCUT2D eigenvalue weighted by Gasteiger charge is -1.98. The molecule has 0 spiro atoms. The van der Waals surface area contributed by atoms with Crippen molar-refractivity contribution in [1.29, 1.82) is 0 Å². The molecule has 56 valence electrons. The van der Waals surface area contributed by atoms with Gasteiger partial charge in [0, 0.05) is 6.54 Å². The first-order chi connectivity index (χ1) is 4.75. The Morgan fingerprint density at radius 1 is 1.60 bits per heavy atom. The predicted octanol–water partition coefficient (Wildman–Crippen LogP) is 2.82. The Kier molecular flexibility index (Phi) is 2.92. The van der Waals surface area contributed by atoms with Gasteiger partial charge in [-0.1, -0.05) is 6.92 Å². The largest absolute Gasteiger partial charge is 0.257 e. The topological polar surface area (TPSA) is 17.8 Å². The maximum Gasteiger partial charge on any atom is 0.118 e. The first-order valence-corrected chi connectivity index (χ1v) is 4.71. The van der Waals surface area contributed by atoms with Gasteiger partial charge in [-0.2, -0.15) is 5.10 Å². The van der Waals surface area contributed by atoms with Gasteiger partial charge in [-0.15, -0.1) is 0 Å². The van der Waals surface area contributed by atoms with Gasteiger partial charge in [-0.3, -0.25) is 4.68 Å². The van der Waals surface area contributed by atoms with Crippen LogP contribution in [0.3, 0.4) is 0 Å². The Hall–Kier alpha value is 0.170. The van der Waals surface area contributed by atoms with Gasteiger partial charge in [0.05, 0.1) is 10.7 Å². The molecule has 10 heavy (non-hydrogen) atoms. The predicted molar refractivity (Wildman–Crippen MR) is 47.9 cm³/mol. The highest BCUT2D eigenvalue weighted by Crippen LogP contribution is 2.21. The van der Waals surface area contributed by atoms with Crippen LogP contribution in [0, 0.1) is 0 Å². The molecule has 0 N–H and O–H groups in total. The second kappa shape index (κ2) is 3.53. The number of rotatable bonds is 2. The van der Waals surface area contributed by atoms with Crippen molar-refractivity contribution in [3.8, 4) is 0 Å². The Morgan fingerprint density at radius 2 is 2.30 bits per heavy atom. The zero-order chi connectivity index (χ0) is 7.56. The van der Waals surface area contributed by atoms with E-state index in [-0.39, 0.29) is 0 Å². The average molecular weight is 268 g/mol. The van der Waals surface area contributed by atoms with Crippen molar-refractivity contribution in [1.82, 2.24) is 9.78 Å². The van der Waals surface area contributed by atoms with Crippen LogP contribution in [-0.4, -0.2) is 9.78 Å². The van der Waals surface area contributed by atoms with Crippen molar-refractivity contribution in [3.05, 3.63) is 15.3 Å². The lowest BCUT2D eigenvalue weighted by Crippen LogP contribution is -1.97. The summed E-state index contributed by atoms with van der Waals surface area (Å²) in [6.07, 6.45) is 2.90. The van der Waals surface area contributed by atoms with Gasteiger partial charge in [0.2, 0.25) is 0 Å². The molecular formula is C6H8Br2N2. The first-order valence-electron chi connectivity index (χ1n) is 3.12. The van der Waals surface area contributed by atoms with Crippen LogP contribution < -0.4 is 0 Å². The van der Waals surface area contributed by atoms with Gasteiger partial charge < -0.3 is 0 Å². The highest BCUT2D eigenvalue weighted by atomic mass is 79.9. The van der Waals surface area contributed by atoms with Gasteiger partial charge in [0.15, 0.2) is 0 Å². The lowest BCUT2D eigenvalue weighted by molar-refractivity contribution is 0.591. The summed E-state index contributed by atoms with van der Waals surface area (Å²) in [4.78, 5) is 0. The van der Waals surface area contributed by atoms with Crippen LogP contribution >= 0.6 is 31.9 Å². The number of hydrogen-bond acceptors (Lipinski definition) is 1. The summed E-state index contributed by atoms with van der Waals surface area (Å²) in [5, 5.41) is 4.13. The van der Waals surface area contributed by atoms with Crippen LogP contribution in [0.5, 0.6) is 0 Å². The third-order valence-electron chi connectivity index (χ3n) is 1.17. The molecule has 1 heterocycles. The van der Waals surface area contributed by atoms with Gasteiger partial charge in [0.25, 0.3) is 0 Å². The minimum absolute atomic E-state index is 0.964. The molecule has 0 atom stereocenters. The molecule has 4 heteroatoms. The van der Waals surface area contributed by atoms with E-state index in [2.05, 4.69) is 43.9 Å². The molecule has 2 nitrogen and oxygen atoms in total. The molecule has 0 aliphatic heterocycles. The van der Waals surface area contributed by atoms with Crippen LogP contribution in [0.15, 0.2) is 15.3 Å². The Morgan fingerprint density at radius 3 is 2.70 bits per heavy atom. The van der Waals surface area contributed by atoms with E-state index < -0.39 is 0 Å². The molecule has 0 aliphatic carbocycles. The Balaban J connectivity index is 2.83. The zero-order valence-electron chi connectivity index (χ0n) is 5.64. The minimum Gasteiger partial charge on any atom is -0.257 e. The monoisotopic (exact) mass is 266 g/mol. The van der Waals surface area contributed by atoms with E-state index in [4.69, 9.17) is 0 Å². The van der Waals surface area contributed by atoms with Crippen molar-refractivity contribution in [3.63, 3.8) is 0 Å². The fourth-order valence-electron chi connectivity index (χ4n) is 0.715. The molecule has 0 saturated heterocycles. The summed E-state index contributed by atoms with van der Waals surface area (Å²) in [5.41, 5.74) is 0. The smallest absolute Gasteiger partial charge is 0.118 e. The van der Waals surface area contributed by atoms with E-state index in [1.165, 1.54) is 0 Å². The molecule has 1 aromatic heterocycles. The molecular weight excluding hydrogens is 260 g/mol. The number of halogens is 2. The summed E-state index contributed by atoms with van der Waals surface area (Å²) in [5.74, 6) is 0. The van der Waals surface area contributed by atoms with Gasteiger partial charge in [-0.25, -0.2) is 0 Å². The van der Waals surface area contributed by atoms with Crippen LogP contribution in [0.4, 0.5) is 0 Å². The highest BCUT2D eigenvalue weighted by molar-refractivity contribution is 9.13. The second-order valence-electron chi connectivity index (χ2n) is 2.01. The van der Waals surface area contributed by atoms with Crippen molar-refractivity contribution in [2.45, 2.75) is 19.9 Å². The highest BCUT2D eigenvalue weighted by Gasteiger charge is 2.02. The van der Waals surface area contributed by atoms with E-state index in [1.54, 1.807) is 6.20 Å². The Labute approximate surface area is 76.9 Å². The minimum atomic E-state index is 0.964. The van der Waals surface area contributed by atoms with Crippen LogP contribution in [0.1, 0.15) is 13.3 Å². The molecule has 0 bridgehead atoms. The van der Waals surface area contributed by atoms with Crippen LogP contribution in [-0.2, 0) is 6.54 Å². The van der Waals surface area contributed by atoms with Crippen molar-refractivity contribution in [2.75, 3.05) is 0 Å². The van der Waals surface area contributed by atoms with Crippen molar-refractivity contribution < 1.29 is 0 Å². The normalized spacial score (nSPS) is 10.3. The standard InChI is InChI=1S/C6H8Br2N2/c1-2-3-10-6(8)5(7)4-9-10/h4H,2-3H2,1H3. The van der Waals surface area contributed by atoms with Gasteiger partial charge in [0.1, 0.15) is 4.60 Å². The van der Waals surface area contributed by atoms with E-state index in [0.717, 1.165) is 22.0 Å². The lowest BCUT2D eigenvalue weighted by atomic mass is 10.5. The number of nitrogens with zero attached hydrogens (tertiary/aromatic N) is 2.